The van der Waals surface area contributed by atoms with Crippen LogP contribution < -0.4 is 10.6 Å². The number of amides is 1. The predicted molar refractivity (Wildman–Crippen MR) is 77.4 cm³/mol. The number of rotatable bonds is 4. The van der Waals surface area contributed by atoms with Crippen LogP contribution in [-0.4, -0.2) is 29.1 Å². The first-order valence-electron chi connectivity index (χ1n) is 6.57. The van der Waals surface area contributed by atoms with Gasteiger partial charge in [0.1, 0.15) is 0 Å². The van der Waals surface area contributed by atoms with Crippen LogP contribution in [0.25, 0.3) is 6.08 Å². The minimum atomic E-state index is -0.984. The molecule has 1 amide bonds. The van der Waals surface area contributed by atoms with E-state index in [4.69, 9.17) is 5.11 Å². The summed E-state index contributed by atoms with van der Waals surface area (Å²) >= 11 is 0. The van der Waals surface area contributed by atoms with Gasteiger partial charge in [-0.1, -0.05) is 12.1 Å². The Bertz CT molecular complexity index is 529. The van der Waals surface area contributed by atoms with Crippen molar-refractivity contribution in [1.82, 2.24) is 5.32 Å². The minimum absolute atomic E-state index is 0.0381. The zero-order chi connectivity index (χ0) is 14.6. The Morgan fingerprint density at radius 3 is 2.60 bits per heavy atom. The van der Waals surface area contributed by atoms with Crippen molar-refractivity contribution >= 4 is 23.6 Å². The number of benzene rings is 1. The summed E-state index contributed by atoms with van der Waals surface area (Å²) in [6, 6.07) is 7.05. The quantitative estimate of drug-likeness (QED) is 0.732. The molecule has 0 aliphatic carbocycles. The molecule has 2 rings (SSSR count). The number of hydrogen-bond donors (Lipinski definition) is 3. The van der Waals surface area contributed by atoms with E-state index >= 15 is 0 Å². The maximum Gasteiger partial charge on any atom is 0.328 e. The number of hydrogen-bond acceptors (Lipinski definition) is 3. The van der Waals surface area contributed by atoms with Gasteiger partial charge in [-0.25, -0.2) is 4.79 Å². The summed E-state index contributed by atoms with van der Waals surface area (Å²) in [6.45, 7) is 2.77. The zero-order valence-corrected chi connectivity index (χ0v) is 11.3. The number of carboxylic acid groups (broad SMARTS) is 1. The van der Waals surface area contributed by atoms with Gasteiger partial charge in [0, 0.05) is 11.8 Å². The molecule has 0 bridgehead atoms. The Kier molecular flexibility index (Phi) is 4.20. The van der Waals surface area contributed by atoms with Crippen LogP contribution in [0, 0.1) is 0 Å². The van der Waals surface area contributed by atoms with E-state index < -0.39 is 11.5 Å². The fraction of sp³-hybridized carbons (Fsp3) is 0.333. The van der Waals surface area contributed by atoms with Crippen molar-refractivity contribution < 1.29 is 14.7 Å². The molecular weight excluding hydrogens is 256 g/mol. The molecule has 5 nitrogen and oxygen atoms in total. The van der Waals surface area contributed by atoms with E-state index in [0.29, 0.717) is 5.69 Å². The van der Waals surface area contributed by atoms with Crippen molar-refractivity contribution in [2.24, 2.45) is 0 Å². The summed E-state index contributed by atoms with van der Waals surface area (Å²) < 4.78 is 0. The second kappa shape index (κ2) is 5.88. The van der Waals surface area contributed by atoms with Crippen molar-refractivity contribution in [2.45, 2.75) is 25.3 Å². The lowest BCUT2D eigenvalue weighted by atomic mass is 9.99. The molecule has 1 aromatic rings. The Morgan fingerprint density at radius 2 is 2.05 bits per heavy atom. The first-order valence-corrected chi connectivity index (χ1v) is 6.57. The molecule has 1 aliphatic rings. The van der Waals surface area contributed by atoms with E-state index in [2.05, 4.69) is 10.6 Å². The summed E-state index contributed by atoms with van der Waals surface area (Å²) in [4.78, 5) is 22.6. The number of anilines is 1. The van der Waals surface area contributed by atoms with Crippen LogP contribution in [0.1, 0.15) is 25.3 Å². The van der Waals surface area contributed by atoms with Gasteiger partial charge < -0.3 is 15.7 Å². The Morgan fingerprint density at radius 1 is 1.35 bits per heavy atom. The monoisotopic (exact) mass is 274 g/mol. The SMILES string of the molecule is CC1(C(=O)Nc2ccc(/C=C/C(=O)O)cc2)CCCN1. The maximum absolute atomic E-state index is 12.2. The first kappa shape index (κ1) is 14.3. The third-order valence-corrected chi connectivity index (χ3v) is 3.46. The number of aliphatic carboxylic acids is 1. The number of nitrogens with one attached hydrogen (secondary N) is 2. The molecule has 1 aromatic carbocycles. The fourth-order valence-corrected chi connectivity index (χ4v) is 2.20. The van der Waals surface area contributed by atoms with Crippen molar-refractivity contribution in [1.29, 1.82) is 0 Å². The number of carbonyl (C=O) groups excluding carboxylic acids is 1. The highest BCUT2D eigenvalue weighted by Crippen LogP contribution is 2.21. The van der Waals surface area contributed by atoms with Gasteiger partial charge in [0.2, 0.25) is 5.91 Å². The Labute approximate surface area is 117 Å². The summed E-state index contributed by atoms with van der Waals surface area (Å²) in [5.74, 6) is -1.02. The molecule has 0 aromatic heterocycles. The molecule has 1 unspecified atom stereocenters. The molecule has 1 atom stereocenters. The molecular formula is C15H18N2O3. The molecule has 0 radical (unpaired) electrons. The lowest BCUT2D eigenvalue weighted by molar-refractivity contribution is -0.131. The molecule has 106 valence electrons. The van der Waals surface area contributed by atoms with Gasteiger partial charge >= 0.3 is 5.97 Å². The van der Waals surface area contributed by atoms with Crippen LogP contribution in [0.4, 0.5) is 5.69 Å². The average molecular weight is 274 g/mol. The second-order valence-corrected chi connectivity index (χ2v) is 5.11. The van der Waals surface area contributed by atoms with E-state index in [0.717, 1.165) is 31.0 Å². The van der Waals surface area contributed by atoms with E-state index in [1.54, 1.807) is 24.3 Å². The molecule has 0 spiro atoms. The highest BCUT2D eigenvalue weighted by atomic mass is 16.4. The van der Waals surface area contributed by atoms with Gasteiger partial charge in [-0.2, -0.15) is 0 Å². The molecule has 1 saturated heterocycles. The highest BCUT2D eigenvalue weighted by Gasteiger charge is 2.35. The van der Waals surface area contributed by atoms with E-state index in [1.165, 1.54) is 6.08 Å². The molecule has 3 N–H and O–H groups in total. The van der Waals surface area contributed by atoms with Gasteiger partial charge in [-0.05, 0) is 50.1 Å². The van der Waals surface area contributed by atoms with Crippen molar-refractivity contribution in [3.05, 3.63) is 35.9 Å². The van der Waals surface area contributed by atoms with Gasteiger partial charge in [-0.3, -0.25) is 4.79 Å². The van der Waals surface area contributed by atoms with E-state index in [-0.39, 0.29) is 5.91 Å². The molecule has 1 aliphatic heterocycles. The van der Waals surface area contributed by atoms with Crippen LogP contribution in [0.5, 0.6) is 0 Å². The van der Waals surface area contributed by atoms with Gasteiger partial charge in [-0.15, -0.1) is 0 Å². The summed E-state index contributed by atoms with van der Waals surface area (Å²) in [7, 11) is 0. The molecule has 20 heavy (non-hydrogen) atoms. The molecule has 1 fully saturated rings. The fourth-order valence-electron chi connectivity index (χ4n) is 2.20. The van der Waals surface area contributed by atoms with Gasteiger partial charge in [0.25, 0.3) is 0 Å². The van der Waals surface area contributed by atoms with Crippen LogP contribution >= 0.6 is 0 Å². The maximum atomic E-state index is 12.2. The number of carbonyl (C=O) groups is 2. The Hall–Kier alpha value is -2.14. The largest absolute Gasteiger partial charge is 0.478 e. The third kappa shape index (κ3) is 3.45. The Balaban J connectivity index is 2.00. The van der Waals surface area contributed by atoms with Gasteiger partial charge in [0.15, 0.2) is 0 Å². The first-order chi connectivity index (χ1) is 9.49. The van der Waals surface area contributed by atoms with Crippen molar-refractivity contribution in [3.63, 3.8) is 0 Å². The van der Waals surface area contributed by atoms with E-state index in [9.17, 15) is 9.59 Å². The summed E-state index contributed by atoms with van der Waals surface area (Å²) in [5, 5.41) is 14.6. The van der Waals surface area contributed by atoms with Crippen LogP contribution in [0.3, 0.4) is 0 Å². The van der Waals surface area contributed by atoms with Gasteiger partial charge in [0.05, 0.1) is 5.54 Å². The molecule has 5 heteroatoms. The van der Waals surface area contributed by atoms with E-state index in [1.807, 2.05) is 6.92 Å². The van der Waals surface area contributed by atoms with Crippen molar-refractivity contribution in [2.75, 3.05) is 11.9 Å². The standard InChI is InChI=1S/C15H18N2O3/c1-15(9-2-10-16-15)14(20)17-12-6-3-11(4-7-12)5-8-13(18)19/h3-8,16H,2,9-10H2,1H3,(H,17,20)(H,18,19)/b8-5+. The van der Waals surface area contributed by atoms with Crippen LogP contribution in [-0.2, 0) is 9.59 Å². The number of carboxylic acids is 1. The molecule has 1 heterocycles. The third-order valence-electron chi connectivity index (χ3n) is 3.46. The van der Waals surface area contributed by atoms with Crippen LogP contribution in [0.15, 0.2) is 30.3 Å². The second-order valence-electron chi connectivity index (χ2n) is 5.11. The summed E-state index contributed by atoms with van der Waals surface area (Å²) in [6.07, 6.45) is 4.42. The lowest BCUT2D eigenvalue weighted by Gasteiger charge is -2.23. The van der Waals surface area contributed by atoms with Crippen molar-refractivity contribution in [3.8, 4) is 0 Å². The normalized spacial score (nSPS) is 22.1. The lowest BCUT2D eigenvalue weighted by Crippen LogP contribution is -2.47. The topological polar surface area (TPSA) is 78.4 Å². The smallest absolute Gasteiger partial charge is 0.328 e. The minimum Gasteiger partial charge on any atom is -0.478 e. The molecule has 0 saturated carbocycles. The average Bonchev–Trinajstić information content (AvgIpc) is 2.86. The predicted octanol–water partition coefficient (Wildman–Crippen LogP) is 1.86. The summed E-state index contributed by atoms with van der Waals surface area (Å²) in [5.41, 5.74) is 0.981. The highest BCUT2D eigenvalue weighted by molar-refractivity contribution is 5.98. The van der Waals surface area contributed by atoms with Crippen LogP contribution in [0.2, 0.25) is 0 Å². The zero-order valence-electron chi connectivity index (χ0n) is 11.3.